The van der Waals surface area contributed by atoms with Gasteiger partial charge < -0.3 is 19.7 Å². The molecule has 0 aromatic heterocycles. The molecule has 1 unspecified atom stereocenters. The number of nitrogens with one attached hydrogen (secondary N) is 1. The normalized spacial score (nSPS) is 18.1. The van der Waals surface area contributed by atoms with Gasteiger partial charge >= 0.3 is 0 Å². The summed E-state index contributed by atoms with van der Waals surface area (Å²) in [5.41, 5.74) is 1.50. The van der Waals surface area contributed by atoms with Crippen molar-refractivity contribution in [1.29, 1.82) is 0 Å². The molecule has 1 N–H and O–H groups in total. The second-order valence-electron chi connectivity index (χ2n) is 6.74. The van der Waals surface area contributed by atoms with Gasteiger partial charge in [-0.1, -0.05) is 6.07 Å². The number of halogens is 1. The fourth-order valence-electron chi connectivity index (χ4n) is 3.28. The first kappa shape index (κ1) is 18.0. The minimum atomic E-state index is -0.339. The van der Waals surface area contributed by atoms with Crippen molar-refractivity contribution in [3.05, 3.63) is 59.9 Å². The topological polar surface area (TPSA) is 67.9 Å². The highest BCUT2D eigenvalue weighted by Crippen LogP contribution is 2.32. The number of amides is 2. The van der Waals surface area contributed by atoms with Gasteiger partial charge in [0.15, 0.2) is 11.5 Å². The summed E-state index contributed by atoms with van der Waals surface area (Å²) in [6, 6.07) is 11.3. The van der Waals surface area contributed by atoms with Crippen molar-refractivity contribution in [1.82, 2.24) is 5.32 Å². The third kappa shape index (κ3) is 3.98. The Kier molecular flexibility index (Phi) is 4.97. The van der Waals surface area contributed by atoms with Gasteiger partial charge in [0.2, 0.25) is 18.6 Å². The zero-order chi connectivity index (χ0) is 19.5. The van der Waals surface area contributed by atoms with Crippen molar-refractivity contribution in [2.45, 2.75) is 6.42 Å². The smallest absolute Gasteiger partial charge is 0.244 e. The highest BCUT2D eigenvalue weighted by molar-refractivity contribution is 5.96. The number of anilines is 1. The molecule has 2 aliphatic rings. The van der Waals surface area contributed by atoms with Crippen LogP contribution >= 0.6 is 0 Å². The molecule has 2 amide bonds. The number of rotatable bonds is 5. The van der Waals surface area contributed by atoms with Crippen LogP contribution in [0.4, 0.5) is 10.1 Å². The first-order valence-corrected chi connectivity index (χ1v) is 9.00. The number of carbonyl (C=O) groups is 2. The number of hydrogen-bond donors (Lipinski definition) is 1. The Morgan fingerprint density at radius 2 is 1.96 bits per heavy atom. The molecule has 2 aliphatic heterocycles. The summed E-state index contributed by atoms with van der Waals surface area (Å²) in [6.07, 6.45) is 3.50. The van der Waals surface area contributed by atoms with E-state index in [0.717, 1.165) is 5.56 Å². The molecule has 0 radical (unpaired) electrons. The number of fused-ring (bicyclic) bond motifs is 1. The average molecular weight is 382 g/mol. The van der Waals surface area contributed by atoms with E-state index < -0.39 is 0 Å². The second kappa shape index (κ2) is 7.72. The zero-order valence-electron chi connectivity index (χ0n) is 15.1. The Morgan fingerprint density at radius 3 is 2.79 bits per heavy atom. The predicted octanol–water partition coefficient (Wildman–Crippen LogP) is 2.74. The van der Waals surface area contributed by atoms with Gasteiger partial charge in [-0.15, -0.1) is 0 Å². The first-order valence-electron chi connectivity index (χ1n) is 9.00. The summed E-state index contributed by atoms with van der Waals surface area (Å²) in [5.74, 6) is 0.770. The lowest BCUT2D eigenvalue weighted by atomic mass is 10.1. The van der Waals surface area contributed by atoms with Gasteiger partial charge in [0, 0.05) is 37.2 Å². The van der Waals surface area contributed by atoms with Crippen molar-refractivity contribution in [2.24, 2.45) is 5.92 Å². The van der Waals surface area contributed by atoms with Gasteiger partial charge in [-0.3, -0.25) is 9.59 Å². The Hall–Kier alpha value is -3.35. The van der Waals surface area contributed by atoms with E-state index in [4.69, 9.17) is 9.47 Å². The van der Waals surface area contributed by atoms with Crippen LogP contribution in [0.25, 0.3) is 6.08 Å². The molecule has 0 aliphatic carbocycles. The van der Waals surface area contributed by atoms with E-state index in [0.29, 0.717) is 36.7 Å². The molecule has 144 valence electrons. The van der Waals surface area contributed by atoms with Gasteiger partial charge in [0.25, 0.3) is 0 Å². The maximum absolute atomic E-state index is 13.0. The van der Waals surface area contributed by atoms with Crippen LogP contribution < -0.4 is 19.7 Å². The van der Waals surface area contributed by atoms with E-state index in [2.05, 4.69) is 5.32 Å². The van der Waals surface area contributed by atoms with Crippen molar-refractivity contribution >= 4 is 23.6 Å². The Bertz CT molecular complexity index is 927. The second-order valence-corrected chi connectivity index (χ2v) is 6.74. The van der Waals surface area contributed by atoms with Gasteiger partial charge in [0.05, 0.1) is 0 Å². The lowest BCUT2D eigenvalue weighted by molar-refractivity contribution is -0.118. The molecule has 1 saturated heterocycles. The minimum Gasteiger partial charge on any atom is -0.454 e. The van der Waals surface area contributed by atoms with Crippen molar-refractivity contribution in [2.75, 3.05) is 24.8 Å². The molecule has 4 rings (SSSR count). The monoisotopic (exact) mass is 382 g/mol. The molecule has 2 aromatic carbocycles. The summed E-state index contributed by atoms with van der Waals surface area (Å²) >= 11 is 0. The van der Waals surface area contributed by atoms with Crippen LogP contribution in [0.2, 0.25) is 0 Å². The van der Waals surface area contributed by atoms with Gasteiger partial charge in [0.1, 0.15) is 5.82 Å². The fraction of sp³-hybridized carbons (Fsp3) is 0.238. The van der Waals surface area contributed by atoms with Gasteiger partial charge in [-0.25, -0.2) is 4.39 Å². The molecule has 2 aromatic rings. The predicted molar refractivity (Wildman–Crippen MR) is 101 cm³/mol. The van der Waals surface area contributed by atoms with Crippen LogP contribution in [-0.4, -0.2) is 31.7 Å². The molecular weight excluding hydrogens is 363 g/mol. The van der Waals surface area contributed by atoms with E-state index in [1.165, 1.54) is 18.2 Å². The van der Waals surface area contributed by atoms with Crippen molar-refractivity contribution in [3.8, 4) is 11.5 Å². The molecule has 28 heavy (non-hydrogen) atoms. The van der Waals surface area contributed by atoms with Crippen molar-refractivity contribution in [3.63, 3.8) is 0 Å². The number of hydrogen-bond acceptors (Lipinski definition) is 4. The summed E-state index contributed by atoms with van der Waals surface area (Å²) in [4.78, 5) is 25.9. The van der Waals surface area contributed by atoms with E-state index in [1.54, 1.807) is 29.2 Å². The van der Waals surface area contributed by atoms with Crippen LogP contribution in [0.5, 0.6) is 11.5 Å². The van der Waals surface area contributed by atoms with E-state index >= 15 is 0 Å². The molecule has 0 saturated carbocycles. The third-order valence-electron chi connectivity index (χ3n) is 4.73. The van der Waals surface area contributed by atoms with Crippen LogP contribution in [0, 0.1) is 11.7 Å². The average Bonchev–Trinajstić information content (AvgIpc) is 3.31. The molecule has 0 spiro atoms. The Labute approximate surface area is 161 Å². The molecule has 7 heteroatoms. The lowest BCUT2D eigenvalue weighted by Gasteiger charge is -2.16. The maximum atomic E-state index is 13.0. The van der Waals surface area contributed by atoms with Crippen LogP contribution in [0.15, 0.2) is 48.5 Å². The van der Waals surface area contributed by atoms with Crippen molar-refractivity contribution < 1.29 is 23.5 Å². The summed E-state index contributed by atoms with van der Waals surface area (Å²) in [6.45, 7) is 1.10. The van der Waals surface area contributed by atoms with E-state index in [1.807, 2.05) is 12.1 Å². The van der Waals surface area contributed by atoms with Crippen LogP contribution in [0.1, 0.15) is 12.0 Å². The molecular formula is C21H19FN2O4. The third-order valence-corrected chi connectivity index (χ3v) is 4.73. The largest absolute Gasteiger partial charge is 0.454 e. The highest BCUT2D eigenvalue weighted by Gasteiger charge is 2.30. The fourth-order valence-corrected chi connectivity index (χ4v) is 3.28. The molecule has 2 heterocycles. The molecule has 6 nitrogen and oxygen atoms in total. The molecule has 1 fully saturated rings. The highest BCUT2D eigenvalue weighted by atomic mass is 19.1. The minimum absolute atomic E-state index is 0.0143. The summed E-state index contributed by atoms with van der Waals surface area (Å²) < 4.78 is 23.6. The quantitative estimate of drug-likeness (QED) is 0.808. The standard InChI is InChI=1S/C21H19FN2O4/c22-16-3-5-17(6-4-16)24-12-15(10-21(24)26)11-23-20(25)8-2-14-1-7-18-19(9-14)28-13-27-18/h1-9,15H,10-13H2,(H,23,25)/b8-2-. The van der Waals surface area contributed by atoms with E-state index in [9.17, 15) is 14.0 Å². The number of ether oxygens (including phenoxy) is 2. The summed E-state index contributed by atoms with van der Waals surface area (Å²) in [5, 5.41) is 2.83. The Balaban J connectivity index is 1.29. The number of benzene rings is 2. The maximum Gasteiger partial charge on any atom is 0.244 e. The molecule has 0 bridgehead atoms. The van der Waals surface area contributed by atoms with Crippen LogP contribution in [0.3, 0.4) is 0 Å². The Morgan fingerprint density at radius 1 is 1.18 bits per heavy atom. The van der Waals surface area contributed by atoms with Gasteiger partial charge in [-0.2, -0.15) is 0 Å². The first-order chi connectivity index (χ1) is 13.6. The summed E-state index contributed by atoms with van der Waals surface area (Å²) in [7, 11) is 0. The van der Waals surface area contributed by atoms with Gasteiger partial charge in [-0.05, 0) is 48.0 Å². The number of nitrogens with zero attached hydrogens (tertiary/aromatic N) is 1. The number of carbonyl (C=O) groups excluding carboxylic acids is 2. The van der Waals surface area contributed by atoms with E-state index in [-0.39, 0.29) is 30.3 Å². The SMILES string of the molecule is O=C(/C=C\c1ccc2c(c1)OCO2)NCC1CC(=O)N(c2ccc(F)cc2)C1. The van der Waals surface area contributed by atoms with Crippen LogP contribution in [-0.2, 0) is 9.59 Å². The molecule has 1 atom stereocenters. The zero-order valence-corrected chi connectivity index (χ0v) is 15.1. The lowest BCUT2D eigenvalue weighted by Crippen LogP contribution is -2.30.